The number of benzene rings is 2. The third-order valence-corrected chi connectivity index (χ3v) is 6.51. The Morgan fingerprint density at radius 1 is 1.00 bits per heavy atom. The monoisotopic (exact) mass is 637 g/mol. The lowest BCUT2D eigenvalue weighted by Gasteiger charge is -2.32. The molecule has 1 unspecified atom stereocenters. The molecule has 2 N–H and O–H groups in total. The predicted octanol–water partition coefficient (Wildman–Crippen LogP) is 7.48. The summed E-state index contributed by atoms with van der Waals surface area (Å²) in [5, 5.41) is -0.236. The lowest BCUT2D eigenvalue weighted by atomic mass is 9.92. The first kappa shape index (κ1) is 30.2. The van der Waals surface area contributed by atoms with Crippen LogP contribution in [0.5, 0.6) is 5.75 Å². The normalized spacial score (nSPS) is 13.4. The number of para-hydroxylation sites is 1. The molecule has 6 nitrogen and oxygen atoms in total. The number of aryl methyl sites for hydroxylation is 1. The van der Waals surface area contributed by atoms with Crippen molar-refractivity contribution < 1.29 is 40.7 Å². The van der Waals surface area contributed by atoms with Crippen molar-refractivity contribution in [2.24, 2.45) is 0 Å². The maximum Gasteiger partial charge on any atom is 0.434 e. The van der Waals surface area contributed by atoms with E-state index in [1.807, 2.05) is 0 Å². The number of nitrogens with one attached hydrogen (secondary N) is 2. The fraction of sp³-hybridized carbons (Fsp3) is 0.240. The molecule has 3 rings (SSSR count). The second-order valence-electron chi connectivity index (χ2n) is 8.03. The summed E-state index contributed by atoms with van der Waals surface area (Å²) < 4.78 is 87.6. The van der Waals surface area contributed by atoms with Crippen LogP contribution in [0.3, 0.4) is 0 Å². The van der Waals surface area contributed by atoms with Gasteiger partial charge in [0.2, 0.25) is 0 Å². The summed E-state index contributed by atoms with van der Waals surface area (Å²) in [6, 6.07) is 8.25. The van der Waals surface area contributed by atoms with Crippen molar-refractivity contribution >= 4 is 50.7 Å². The van der Waals surface area contributed by atoms with Gasteiger partial charge in [-0.3, -0.25) is 14.6 Å². The summed E-state index contributed by atoms with van der Waals surface area (Å²) >= 11 is 7.52. The quantitative estimate of drug-likeness (QED) is 0.198. The first-order valence-corrected chi connectivity index (χ1v) is 12.2. The van der Waals surface area contributed by atoms with Gasteiger partial charge in [0.1, 0.15) is 0 Å². The fourth-order valence-electron chi connectivity index (χ4n) is 3.68. The van der Waals surface area contributed by atoms with Crippen LogP contribution in [0.1, 0.15) is 38.8 Å². The number of halogens is 8. The van der Waals surface area contributed by atoms with Crippen molar-refractivity contribution in [2.75, 3.05) is 17.7 Å². The molecule has 1 aromatic heterocycles. The molecule has 0 aliphatic rings. The number of methoxy groups -OCH3 is 1. The van der Waals surface area contributed by atoms with Crippen LogP contribution in [0, 0.1) is 0 Å². The Bertz CT molecular complexity index is 1370. The maximum absolute atomic E-state index is 14.9. The number of rotatable bonds is 8. The molecule has 0 bridgehead atoms. The largest absolute Gasteiger partial charge is 0.494 e. The smallest absolute Gasteiger partial charge is 0.434 e. The van der Waals surface area contributed by atoms with Crippen molar-refractivity contribution in [3.8, 4) is 5.75 Å². The van der Waals surface area contributed by atoms with E-state index in [0.29, 0.717) is 12.1 Å². The van der Waals surface area contributed by atoms with E-state index in [2.05, 4.69) is 43.1 Å². The van der Waals surface area contributed by atoms with E-state index in [-0.39, 0.29) is 44.7 Å². The van der Waals surface area contributed by atoms with Gasteiger partial charge in [-0.25, -0.2) is 4.39 Å². The van der Waals surface area contributed by atoms with E-state index >= 15 is 0 Å². The minimum absolute atomic E-state index is 0.0372. The Morgan fingerprint density at radius 3 is 2.18 bits per heavy atom. The number of ether oxygens (including phenoxy) is 1. The minimum atomic E-state index is -6.05. The van der Waals surface area contributed by atoms with Crippen LogP contribution in [0.2, 0.25) is 0 Å². The number of pyridine rings is 1. The number of carbonyl (C=O) groups is 2. The number of nitrogens with zero attached hydrogens (tertiary/aromatic N) is 1. The van der Waals surface area contributed by atoms with E-state index in [9.17, 15) is 35.9 Å². The van der Waals surface area contributed by atoms with Gasteiger partial charge in [-0.2, -0.15) is 22.0 Å². The van der Waals surface area contributed by atoms with Crippen molar-refractivity contribution in [3.63, 3.8) is 0 Å². The van der Waals surface area contributed by atoms with E-state index in [1.165, 1.54) is 56.8 Å². The molecule has 0 spiro atoms. The zero-order chi connectivity index (χ0) is 29.2. The summed E-state index contributed by atoms with van der Waals surface area (Å²) in [4.78, 5) is 29.6. The van der Waals surface area contributed by atoms with E-state index < -0.39 is 34.6 Å². The van der Waals surface area contributed by atoms with E-state index in [0.717, 1.165) is 0 Å². The number of aromatic nitrogens is 1. The van der Waals surface area contributed by atoms with Gasteiger partial charge in [-0.15, -0.1) is 0 Å². The van der Waals surface area contributed by atoms with Crippen LogP contribution in [0.25, 0.3) is 0 Å². The van der Waals surface area contributed by atoms with Gasteiger partial charge in [0.25, 0.3) is 11.8 Å². The van der Waals surface area contributed by atoms with Crippen LogP contribution in [-0.2, 0) is 12.1 Å². The highest BCUT2D eigenvalue weighted by Gasteiger charge is 2.72. The summed E-state index contributed by atoms with van der Waals surface area (Å²) in [5.74, 6) is -1.37. The molecule has 0 radical (unpaired) electrons. The molecule has 39 heavy (non-hydrogen) atoms. The van der Waals surface area contributed by atoms with Crippen LogP contribution in [0.4, 0.5) is 37.7 Å². The first-order chi connectivity index (χ1) is 18.2. The van der Waals surface area contributed by atoms with Gasteiger partial charge < -0.3 is 15.4 Å². The highest BCUT2D eigenvalue weighted by molar-refractivity contribution is 9.10. The molecular formula is C25H19BrClF6N3O3. The Labute approximate surface area is 231 Å². The third-order valence-electron chi connectivity index (χ3n) is 5.62. The Kier molecular flexibility index (Phi) is 8.85. The predicted molar refractivity (Wildman–Crippen MR) is 136 cm³/mol. The minimum Gasteiger partial charge on any atom is -0.494 e. The second kappa shape index (κ2) is 11.4. The van der Waals surface area contributed by atoms with Gasteiger partial charge in [0, 0.05) is 28.0 Å². The summed E-state index contributed by atoms with van der Waals surface area (Å²) in [7, 11) is 1.25. The lowest BCUT2D eigenvalue weighted by molar-refractivity contribution is -0.286. The Balaban J connectivity index is 2.00. The van der Waals surface area contributed by atoms with Gasteiger partial charge in [-0.05, 0) is 75.9 Å². The maximum atomic E-state index is 14.9. The average Bonchev–Trinajstić information content (AvgIpc) is 2.88. The van der Waals surface area contributed by atoms with Crippen LogP contribution in [0.15, 0.2) is 59.3 Å². The average molecular weight is 639 g/mol. The van der Waals surface area contributed by atoms with Crippen molar-refractivity contribution in [2.45, 2.75) is 30.6 Å². The van der Waals surface area contributed by atoms with E-state index in [4.69, 9.17) is 4.74 Å². The van der Waals surface area contributed by atoms with Gasteiger partial charge in [0.15, 0.2) is 5.75 Å². The zero-order valence-corrected chi connectivity index (χ0v) is 22.4. The molecule has 208 valence electrons. The molecule has 2 aromatic carbocycles. The van der Waals surface area contributed by atoms with Gasteiger partial charge in [0.05, 0.1) is 24.0 Å². The third kappa shape index (κ3) is 5.98. The Morgan fingerprint density at radius 2 is 1.64 bits per heavy atom. The SMILES string of the molecule is CCc1cc(C(F)(C(F)(F)F)C(F)(F)Cl)cc(Br)c1NC(=O)c1cccc(NC(=O)c2ccncc2)c1OC. The van der Waals surface area contributed by atoms with Crippen LogP contribution < -0.4 is 15.4 Å². The van der Waals surface area contributed by atoms with Gasteiger partial charge in [-0.1, -0.05) is 13.0 Å². The Hall–Kier alpha value is -3.32. The summed E-state index contributed by atoms with van der Waals surface area (Å²) in [6.07, 6.45) is -3.30. The molecule has 3 aromatic rings. The fourth-order valence-corrected chi connectivity index (χ4v) is 4.50. The lowest BCUT2D eigenvalue weighted by Crippen LogP contribution is -2.49. The standard InChI is InChI=1S/C25H19BrClF6N3O3/c1-3-13-11-15(23(28,24(27,29)30)25(31,32)33)12-17(26)19(13)36-22(38)16-5-4-6-18(20(16)39-2)35-21(37)14-7-9-34-10-8-14/h4-12H,3H2,1-2H3,(H,35,37)(H,36,38). The highest BCUT2D eigenvalue weighted by atomic mass is 79.9. The molecule has 14 heteroatoms. The molecular weight excluding hydrogens is 620 g/mol. The molecule has 1 heterocycles. The van der Waals surface area contributed by atoms with Crippen LogP contribution >= 0.6 is 27.5 Å². The van der Waals surface area contributed by atoms with Gasteiger partial charge >= 0.3 is 17.2 Å². The van der Waals surface area contributed by atoms with Crippen LogP contribution in [-0.4, -0.2) is 35.5 Å². The van der Waals surface area contributed by atoms with Crippen molar-refractivity contribution in [1.29, 1.82) is 0 Å². The number of anilines is 2. The molecule has 2 amide bonds. The molecule has 1 atom stereocenters. The second-order valence-corrected chi connectivity index (χ2v) is 9.36. The molecule has 0 saturated heterocycles. The number of hydrogen-bond donors (Lipinski definition) is 2. The zero-order valence-electron chi connectivity index (χ0n) is 20.1. The molecule has 0 aliphatic carbocycles. The highest BCUT2D eigenvalue weighted by Crippen LogP contribution is 2.55. The van der Waals surface area contributed by atoms with Crippen molar-refractivity contribution in [1.82, 2.24) is 4.98 Å². The molecule has 0 aliphatic heterocycles. The summed E-state index contributed by atoms with van der Waals surface area (Å²) in [6.45, 7) is 1.46. The molecule has 0 fully saturated rings. The number of hydrogen-bond acceptors (Lipinski definition) is 4. The summed E-state index contributed by atoms with van der Waals surface area (Å²) in [5.41, 5.74) is -6.51. The topological polar surface area (TPSA) is 80.3 Å². The number of alkyl halides is 7. The first-order valence-electron chi connectivity index (χ1n) is 11.0. The molecule has 0 saturated carbocycles. The number of amides is 2. The van der Waals surface area contributed by atoms with E-state index in [1.54, 1.807) is 0 Å². The number of carbonyl (C=O) groups excluding carboxylic acids is 2. The van der Waals surface area contributed by atoms with Crippen molar-refractivity contribution in [3.05, 3.63) is 81.6 Å².